The van der Waals surface area contributed by atoms with Gasteiger partial charge in [0.15, 0.2) is 5.78 Å². The summed E-state index contributed by atoms with van der Waals surface area (Å²) in [7, 11) is 0. The van der Waals surface area contributed by atoms with Crippen LogP contribution in [-0.2, 0) is 4.79 Å². The number of carbonyl (C=O) groups excluding carboxylic acids is 1. The second kappa shape index (κ2) is 6.09. The van der Waals surface area contributed by atoms with Gasteiger partial charge in [-0.2, -0.15) is 0 Å². The smallest absolute Gasteiger partial charge is 0.159 e. The number of carbonyl (C=O) groups is 1. The molecule has 2 atom stereocenters. The van der Waals surface area contributed by atoms with Gasteiger partial charge in [-0.3, -0.25) is 4.79 Å². The number of ketones is 1. The molecule has 0 radical (unpaired) electrons. The predicted octanol–water partition coefficient (Wildman–Crippen LogP) is 4.85. The highest BCUT2D eigenvalue weighted by atomic mass is 16.1. The van der Waals surface area contributed by atoms with Crippen molar-refractivity contribution >= 4 is 11.4 Å². The van der Waals surface area contributed by atoms with Crippen LogP contribution in [0.2, 0.25) is 0 Å². The van der Waals surface area contributed by atoms with Crippen LogP contribution < -0.4 is 0 Å². The molecule has 106 valence electrons. The fraction of sp³-hybridized carbons (Fsp3) is 0.250. The van der Waals surface area contributed by atoms with Gasteiger partial charge in [0.25, 0.3) is 0 Å². The van der Waals surface area contributed by atoms with Gasteiger partial charge in [0.05, 0.1) is 0 Å². The van der Waals surface area contributed by atoms with Crippen molar-refractivity contribution in [3.63, 3.8) is 0 Å². The van der Waals surface area contributed by atoms with E-state index in [-0.39, 0.29) is 11.7 Å². The van der Waals surface area contributed by atoms with Crippen LogP contribution in [0, 0.1) is 5.92 Å². The average molecular weight is 276 g/mol. The molecule has 0 N–H and O–H groups in total. The average Bonchev–Trinajstić information content (AvgIpc) is 2.55. The minimum atomic E-state index is 0.111. The molecule has 21 heavy (non-hydrogen) atoms. The third-order valence-corrected chi connectivity index (χ3v) is 4.42. The van der Waals surface area contributed by atoms with E-state index in [4.69, 9.17) is 0 Å². The zero-order valence-electron chi connectivity index (χ0n) is 12.3. The highest BCUT2D eigenvalue weighted by Gasteiger charge is 2.31. The summed E-state index contributed by atoms with van der Waals surface area (Å²) in [5, 5.41) is 0. The lowest BCUT2D eigenvalue weighted by Crippen LogP contribution is -2.25. The Kier molecular flexibility index (Phi) is 4.01. The molecular weight excluding hydrogens is 256 g/mol. The van der Waals surface area contributed by atoms with Crippen LogP contribution >= 0.6 is 0 Å². The third kappa shape index (κ3) is 2.82. The summed E-state index contributed by atoms with van der Waals surface area (Å²) in [5.41, 5.74) is 3.61. The van der Waals surface area contributed by atoms with Gasteiger partial charge in [-0.1, -0.05) is 67.6 Å². The first-order chi connectivity index (χ1) is 10.3. The first-order valence-electron chi connectivity index (χ1n) is 7.64. The SMILES string of the molecule is CC[C@H]1C(=O)C=C(c2ccccc2)C[C@@H]1c1ccccc1. The van der Waals surface area contributed by atoms with Crippen LogP contribution in [0.5, 0.6) is 0 Å². The van der Waals surface area contributed by atoms with Crippen molar-refractivity contribution in [2.24, 2.45) is 5.92 Å². The van der Waals surface area contributed by atoms with Crippen molar-refractivity contribution in [3.8, 4) is 0 Å². The fourth-order valence-electron chi connectivity index (χ4n) is 3.30. The Labute approximate surface area is 126 Å². The summed E-state index contributed by atoms with van der Waals surface area (Å²) in [6.45, 7) is 2.11. The van der Waals surface area contributed by atoms with Gasteiger partial charge in [-0.05, 0) is 41.5 Å². The maximum Gasteiger partial charge on any atom is 0.159 e. The van der Waals surface area contributed by atoms with Gasteiger partial charge in [0, 0.05) is 5.92 Å². The molecule has 0 fully saturated rings. The van der Waals surface area contributed by atoms with Crippen molar-refractivity contribution < 1.29 is 4.79 Å². The lowest BCUT2D eigenvalue weighted by molar-refractivity contribution is -0.119. The van der Waals surface area contributed by atoms with E-state index in [1.807, 2.05) is 30.3 Å². The van der Waals surface area contributed by atoms with Gasteiger partial charge < -0.3 is 0 Å². The summed E-state index contributed by atoms with van der Waals surface area (Å²) in [6, 6.07) is 20.7. The Morgan fingerprint density at radius 1 is 0.952 bits per heavy atom. The fourth-order valence-corrected chi connectivity index (χ4v) is 3.30. The van der Waals surface area contributed by atoms with Gasteiger partial charge in [0.2, 0.25) is 0 Å². The predicted molar refractivity (Wildman–Crippen MR) is 87.0 cm³/mol. The van der Waals surface area contributed by atoms with E-state index in [0.717, 1.165) is 12.8 Å². The molecule has 2 aromatic carbocycles. The third-order valence-electron chi connectivity index (χ3n) is 4.42. The van der Waals surface area contributed by atoms with Crippen molar-refractivity contribution in [2.45, 2.75) is 25.7 Å². The molecular formula is C20H20O. The summed E-state index contributed by atoms with van der Waals surface area (Å²) in [4.78, 5) is 12.5. The van der Waals surface area contributed by atoms with E-state index >= 15 is 0 Å². The van der Waals surface area contributed by atoms with E-state index in [1.54, 1.807) is 0 Å². The molecule has 1 heteroatoms. The van der Waals surface area contributed by atoms with Crippen molar-refractivity contribution in [1.29, 1.82) is 0 Å². The zero-order chi connectivity index (χ0) is 14.7. The highest BCUT2D eigenvalue weighted by molar-refractivity contribution is 6.00. The molecule has 1 aliphatic carbocycles. The van der Waals surface area contributed by atoms with Crippen LogP contribution in [0.25, 0.3) is 5.57 Å². The van der Waals surface area contributed by atoms with Gasteiger partial charge in [-0.25, -0.2) is 0 Å². The molecule has 0 saturated carbocycles. The molecule has 3 rings (SSSR count). The van der Waals surface area contributed by atoms with Gasteiger partial charge in [-0.15, -0.1) is 0 Å². The van der Waals surface area contributed by atoms with Crippen LogP contribution in [0.4, 0.5) is 0 Å². The second-order valence-electron chi connectivity index (χ2n) is 5.67. The molecule has 0 heterocycles. The molecule has 0 saturated heterocycles. The number of rotatable bonds is 3. The largest absolute Gasteiger partial charge is 0.295 e. The van der Waals surface area contributed by atoms with E-state index < -0.39 is 0 Å². The summed E-state index contributed by atoms with van der Waals surface area (Å²) >= 11 is 0. The number of hydrogen-bond acceptors (Lipinski definition) is 1. The Morgan fingerprint density at radius 2 is 1.57 bits per heavy atom. The highest BCUT2D eigenvalue weighted by Crippen LogP contribution is 2.40. The molecule has 0 amide bonds. The molecule has 0 bridgehead atoms. The first-order valence-corrected chi connectivity index (χ1v) is 7.64. The molecule has 1 nitrogen and oxygen atoms in total. The Bertz CT molecular complexity index is 640. The van der Waals surface area contributed by atoms with E-state index in [2.05, 4.69) is 43.3 Å². The molecule has 0 unspecified atom stereocenters. The minimum absolute atomic E-state index is 0.111. The standard InChI is InChI=1S/C20H20O/c1-2-18-19(16-11-7-4-8-12-16)13-17(14-20(18)21)15-9-5-3-6-10-15/h3-12,14,18-19H,2,13H2,1H3/t18-,19-/m1/s1. The molecule has 0 aliphatic heterocycles. The topological polar surface area (TPSA) is 17.1 Å². The second-order valence-corrected chi connectivity index (χ2v) is 5.67. The Hall–Kier alpha value is -2.15. The van der Waals surface area contributed by atoms with Crippen LogP contribution in [0.1, 0.15) is 36.8 Å². The first kappa shape index (κ1) is 13.8. The quantitative estimate of drug-likeness (QED) is 0.783. The van der Waals surface area contributed by atoms with Crippen LogP contribution in [0.15, 0.2) is 66.7 Å². The minimum Gasteiger partial charge on any atom is -0.295 e. The summed E-state index contributed by atoms with van der Waals surface area (Å²) in [6.07, 6.45) is 3.71. The normalized spacial score (nSPS) is 22.0. The number of benzene rings is 2. The van der Waals surface area contributed by atoms with Crippen molar-refractivity contribution in [2.75, 3.05) is 0 Å². The summed E-state index contributed by atoms with van der Waals surface area (Å²) < 4.78 is 0. The van der Waals surface area contributed by atoms with Crippen LogP contribution in [0.3, 0.4) is 0 Å². The van der Waals surface area contributed by atoms with Gasteiger partial charge in [0.1, 0.15) is 0 Å². The van der Waals surface area contributed by atoms with E-state index in [1.165, 1.54) is 16.7 Å². The molecule has 1 aliphatic rings. The Morgan fingerprint density at radius 3 is 2.19 bits per heavy atom. The molecule has 0 spiro atoms. The van der Waals surface area contributed by atoms with Crippen LogP contribution in [-0.4, -0.2) is 5.78 Å². The van der Waals surface area contributed by atoms with E-state index in [0.29, 0.717) is 5.92 Å². The maximum absolute atomic E-state index is 12.5. The van der Waals surface area contributed by atoms with E-state index in [9.17, 15) is 4.79 Å². The lowest BCUT2D eigenvalue weighted by Gasteiger charge is -2.30. The summed E-state index contributed by atoms with van der Waals surface area (Å²) in [5.74, 6) is 0.681. The van der Waals surface area contributed by atoms with Gasteiger partial charge >= 0.3 is 0 Å². The number of hydrogen-bond donors (Lipinski definition) is 0. The van der Waals surface area contributed by atoms with Crippen molar-refractivity contribution in [1.82, 2.24) is 0 Å². The van der Waals surface area contributed by atoms with Crippen molar-refractivity contribution in [3.05, 3.63) is 77.9 Å². The number of allylic oxidation sites excluding steroid dienone is 2. The maximum atomic E-state index is 12.5. The molecule has 2 aromatic rings. The lowest BCUT2D eigenvalue weighted by atomic mass is 9.73. The monoisotopic (exact) mass is 276 g/mol. The Balaban J connectivity index is 1.98. The molecule has 0 aromatic heterocycles. The zero-order valence-corrected chi connectivity index (χ0v) is 12.3.